The molecule has 0 radical (unpaired) electrons. The van der Waals surface area contributed by atoms with Crippen LogP contribution in [0.15, 0.2) is 60.4 Å². The molecule has 3 aromatic rings. The highest BCUT2D eigenvalue weighted by Crippen LogP contribution is 2.46. The molecule has 2 heterocycles. The van der Waals surface area contributed by atoms with E-state index < -0.39 is 17.7 Å². The van der Waals surface area contributed by atoms with Crippen molar-refractivity contribution < 1.29 is 28.9 Å². The number of aliphatic hydroxyl groups is 1. The maximum absolute atomic E-state index is 13.2. The molecule has 1 fully saturated rings. The number of ketones is 1. The van der Waals surface area contributed by atoms with Gasteiger partial charge in [0, 0.05) is 18.0 Å². The van der Waals surface area contributed by atoms with Gasteiger partial charge in [-0.25, -0.2) is 9.97 Å². The van der Waals surface area contributed by atoms with Crippen molar-refractivity contribution in [2.75, 3.05) is 26.2 Å². The molecule has 0 spiro atoms. The molecule has 1 saturated heterocycles. The molecule has 9 heteroatoms. The Hall–Kier alpha value is -4.40. The van der Waals surface area contributed by atoms with Gasteiger partial charge in [0.15, 0.2) is 11.5 Å². The minimum Gasteiger partial charge on any atom is -0.507 e. The Labute approximate surface area is 196 Å². The molecule has 1 amide bonds. The van der Waals surface area contributed by atoms with Gasteiger partial charge in [-0.05, 0) is 30.7 Å². The number of aliphatic hydroxyl groups excluding tert-OH is 1. The summed E-state index contributed by atoms with van der Waals surface area (Å²) in [6, 6.07) is 10.8. The van der Waals surface area contributed by atoms with Crippen LogP contribution in [0.4, 0.5) is 5.95 Å². The molecule has 1 atom stereocenters. The van der Waals surface area contributed by atoms with Crippen LogP contribution in [0, 0.1) is 6.92 Å². The van der Waals surface area contributed by atoms with Crippen molar-refractivity contribution in [3.05, 3.63) is 77.1 Å². The van der Waals surface area contributed by atoms with E-state index in [-0.39, 0.29) is 17.3 Å². The molecule has 0 saturated carbocycles. The predicted molar refractivity (Wildman–Crippen MR) is 124 cm³/mol. The summed E-state index contributed by atoms with van der Waals surface area (Å²) >= 11 is 0. The number of amides is 1. The van der Waals surface area contributed by atoms with Gasteiger partial charge in [-0.1, -0.05) is 29.8 Å². The van der Waals surface area contributed by atoms with E-state index in [0.717, 1.165) is 10.5 Å². The number of ether oxygens (including phenoxy) is 3. The minimum atomic E-state index is -1.04. The summed E-state index contributed by atoms with van der Waals surface area (Å²) in [6.07, 6.45) is 2.93. The molecule has 0 aliphatic carbocycles. The maximum Gasteiger partial charge on any atom is 0.302 e. The third kappa shape index (κ3) is 3.81. The lowest BCUT2D eigenvalue weighted by molar-refractivity contribution is -0.132. The van der Waals surface area contributed by atoms with Crippen LogP contribution in [-0.2, 0) is 9.59 Å². The van der Waals surface area contributed by atoms with Crippen molar-refractivity contribution in [2.45, 2.75) is 13.0 Å². The zero-order valence-electron chi connectivity index (χ0n) is 19.1. The van der Waals surface area contributed by atoms with E-state index in [9.17, 15) is 14.7 Å². The molecule has 9 nitrogen and oxygen atoms in total. The first kappa shape index (κ1) is 22.8. The second-order valence-corrected chi connectivity index (χ2v) is 7.54. The van der Waals surface area contributed by atoms with Gasteiger partial charge in [-0.2, -0.15) is 0 Å². The van der Waals surface area contributed by atoms with E-state index in [2.05, 4.69) is 9.97 Å². The highest BCUT2D eigenvalue weighted by Gasteiger charge is 2.48. The summed E-state index contributed by atoms with van der Waals surface area (Å²) in [5.41, 5.74) is 1.72. The quantitative estimate of drug-likeness (QED) is 0.338. The summed E-state index contributed by atoms with van der Waals surface area (Å²) in [5, 5.41) is 11.2. The second kappa shape index (κ2) is 9.22. The highest BCUT2D eigenvalue weighted by atomic mass is 16.5. The van der Waals surface area contributed by atoms with Crippen LogP contribution in [-0.4, -0.2) is 48.1 Å². The summed E-state index contributed by atoms with van der Waals surface area (Å²) in [5.74, 6) is -1.01. The van der Waals surface area contributed by atoms with Crippen LogP contribution >= 0.6 is 0 Å². The fourth-order valence-electron chi connectivity index (χ4n) is 3.90. The largest absolute Gasteiger partial charge is 0.507 e. The van der Waals surface area contributed by atoms with E-state index in [4.69, 9.17) is 14.2 Å². The molecule has 2 aromatic carbocycles. The van der Waals surface area contributed by atoms with Crippen LogP contribution in [0.5, 0.6) is 17.2 Å². The summed E-state index contributed by atoms with van der Waals surface area (Å²) in [7, 11) is 4.40. The van der Waals surface area contributed by atoms with Gasteiger partial charge in [-0.3, -0.25) is 14.5 Å². The van der Waals surface area contributed by atoms with Gasteiger partial charge in [0.2, 0.25) is 11.7 Å². The maximum atomic E-state index is 13.2. The Morgan fingerprint density at radius 3 is 2.06 bits per heavy atom. The highest BCUT2D eigenvalue weighted by molar-refractivity contribution is 6.51. The number of benzene rings is 2. The van der Waals surface area contributed by atoms with Crippen molar-refractivity contribution in [3.8, 4) is 17.2 Å². The van der Waals surface area contributed by atoms with Crippen LogP contribution in [0.2, 0.25) is 0 Å². The molecule has 1 aliphatic heterocycles. The first-order valence-electron chi connectivity index (χ1n) is 10.4. The average molecular weight is 461 g/mol. The lowest BCUT2D eigenvalue weighted by atomic mass is 9.94. The van der Waals surface area contributed by atoms with E-state index in [1.807, 2.05) is 6.92 Å². The van der Waals surface area contributed by atoms with Crippen LogP contribution in [0.25, 0.3) is 5.76 Å². The molecular weight excluding hydrogens is 438 g/mol. The summed E-state index contributed by atoms with van der Waals surface area (Å²) in [4.78, 5) is 35.9. The Kier molecular flexibility index (Phi) is 6.18. The number of Topliss-reactive ketones (excluding diaryl/α,β-unsaturated/α-hetero) is 1. The van der Waals surface area contributed by atoms with Crippen molar-refractivity contribution in [1.29, 1.82) is 0 Å². The molecule has 174 valence electrons. The smallest absolute Gasteiger partial charge is 0.302 e. The molecule has 0 bridgehead atoms. The van der Waals surface area contributed by atoms with Crippen LogP contribution in [0.3, 0.4) is 0 Å². The number of aromatic nitrogens is 2. The molecular formula is C25H23N3O6. The van der Waals surface area contributed by atoms with Crippen LogP contribution in [0.1, 0.15) is 22.7 Å². The molecule has 1 aromatic heterocycles. The third-order valence-electron chi connectivity index (χ3n) is 5.54. The number of carbonyl (C=O) groups is 2. The van der Waals surface area contributed by atoms with E-state index >= 15 is 0 Å². The Morgan fingerprint density at radius 1 is 0.941 bits per heavy atom. The zero-order valence-corrected chi connectivity index (χ0v) is 19.1. The fourth-order valence-corrected chi connectivity index (χ4v) is 3.90. The molecule has 4 rings (SSSR count). The topological polar surface area (TPSA) is 111 Å². The SMILES string of the molecule is COc1cc(C2/C(=C(/O)c3ccc(C)cc3)C(=O)C(=O)N2c2ncccn2)cc(OC)c1OC. The number of nitrogens with zero attached hydrogens (tertiary/aromatic N) is 3. The molecule has 1 aliphatic rings. The third-order valence-corrected chi connectivity index (χ3v) is 5.54. The van der Waals surface area contributed by atoms with Crippen LogP contribution < -0.4 is 19.1 Å². The Balaban J connectivity index is 2.00. The number of carbonyl (C=O) groups excluding carboxylic acids is 2. The number of hydrogen-bond donors (Lipinski definition) is 1. The van der Waals surface area contributed by atoms with Crippen molar-refractivity contribution in [1.82, 2.24) is 9.97 Å². The lowest BCUT2D eigenvalue weighted by Crippen LogP contribution is -2.31. The Bertz CT molecular complexity index is 1250. The zero-order chi connectivity index (χ0) is 24.4. The summed E-state index contributed by atoms with van der Waals surface area (Å²) in [6.45, 7) is 1.91. The van der Waals surface area contributed by atoms with Gasteiger partial charge < -0.3 is 19.3 Å². The minimum absolute atomic E-state index is 0.0197. The van der Waals surface area contributed by atoms with E-state index in [1.54, 1.807) is 42.5 Å². The first-order valence-corrected chi connectivity index (χ1v) is 10.4. The van der Waals surface area contributed by atoms with E-state index in [0.29, 0.717) is 28.4 Å². The van der Waals surface area contributed by atoms with Gasteiger partial charge in [-0.15, -0.1) is 0 Å². The number of methoxy groups -OCH3 is 3. The predicted octanol–water partition coefficient (Wildman–Crippen LogP) is 3.44. The Morgan fingerprint density at radius 2 is 1.53 bits per heavy atom. The molecule has 34 heavy (non-hydrogen) atoms. The first-order chi connectivity index (χ1) is 16.4. The second-order valence-electron chi connectivity index (χ2n) is 7.54. The van der Waals surface area contributed by atoms with Crippen molar-refractivity contribution in [2.24, 2.45) is 0 Å². The lowest BCUT2D eigenvalue weighted by Gasteiger charge is -2.25. The normalized spacial score (nSPS) is 17.1. The molecule has 1 N–H and O–H groups in total. The standard InChI is InChI=1S/C25H23N3O6/c1-14-6-8-15(9-7-14)21(29)19-20(16-12-17(32-2)23(34-4)18(13-16)33-3)28(24(31)22(19)30)25-26-10-5-11-27-25/h5-13,20,29H,1-4H3/b21-19-. The number of rotatable bonds is 6. The number of anilines is 1. The van der Waals surface area contributed by atoms with Gasteiger partial charge in [0.1, 0.15) is 5.76 Å². The van der Waals surface area contributed by atoms with Gasteiger partial charge >= 0.3 is 5.91 Å². The number of aryl methyl sites for hydroxylation is 1. The molecule has 1 unspecified atom stereocenters. The van der Waals surface area contributed by atoms with Crippen molar-refractivity contribution in [3.63, 3.8) is 0 Å². The average Bonchev–Trinajstić information content (AvgIpc) is 3.13. The monoisotopic (exact) mass is 461 g/mol. The summed E-state index contributed by atoms with van der Waals surface area (Å²) < 4.78 is 16.3. The van der Waals surface area contributed by atoms with Gasteiger partial charge in [0.25, 0.3) is 5.78 Å². The van der Waals surface area contributed by atoms with Gasteiger partial charge in [0.05, 0.1) is 32.9 Å². The number of hydrogen-bond acceptors (Lipinski definition) is 8. The van der Waals surface area contributed by atoms with Crippen molar-refractivity contribution >= 4 is 23.4 Å². The van der Waals surface area contributed by atoms with E-state index in [1.165, 1.54) is 33.7 Å². The fraction of sp³-hybridized carbons (Fsp3) is 0.200.